The van der Waals surface area contributed by atoms with Gasteiger partial charge in [0.15, 0.2) is 0 Å². The number of nitrogens with zero attached hydrogens (tertiary/aromatic N) is 2. The van der Waals surface area contributed by atoms with Crippen LogP contribution in [-0.4, -0.2) is 51.7 Å². The first-order valence-corrected chi connectivity index (χ1v) is 10.5. The molecule has 1 aliphatic heterocycles. The molecule has 7 nitrogen and oxygen atoms in total. The molecule has 0 radical (unpaired) electrons. The van der Waals surface area contributed by atoms with Crippen LogP contribution in [0.3, 0.4) is 0 Å². The smallest absolute Gasteiger partial charge is 0.244 e. The Morgan fingerprint density at radius 3 is 2.48 bits per heavy atom. The Morgan fingerprint density at radius 1 is 1.15 bits per heavy atom. The van der Waals surface area contributed by atoms with Crippen molar-refractivity contribution in [3.8, 4) is 11.5 Å². The minimum atomic E-state index is -3.76. The number of sulfonamides is 1. The van der Waals surface area contributed by atoms with Gasteiger partial charge >= 0.3 is 0 Å². The summed E-state index contributed by atoms with van der Waals surface area (Å²) >= 11 is 0. The molecule has 8 heteroatoms. The Kier molecular flexibility index (Phi) is 6.08. The highest BCUT2D eigenvalue weighted by molar-refractivity contribution is 7.89. The lowest BCUT2D eigenvalue weighted by atomic mass is 10.2. The Labute approximate surface area is 160 Å². The molecule has 2 aromatic rings. The van der Waals surface area contributed by atoms with E-state index in [1.54, 1.807) is 12.1 Å². The van der Waals surface area contributed by atoms with Gasteiger partial charge in [0.1, 0.15) is 16.4 Å². The number of benzene rings is 1. The van der Waals surface area contributed by atoms with Gasteiger partial charge in [-0.1, -0.05) is 0 Å². The van der Waals surface area contributed by atoms with E-state index in [-0.39, 0.29) is 10.9 Å². The summed E-state index contributed by atoms with van der Waals surface area (Å²) in [6.45, 7) is 2.24. The fraction of sp³-hybridized carbons (Fsp3) is 0.474. The first-order chi connectivity index (χ1) is 13.0. The van der Waals surface area contributed by atoms with Crippen molar-refractivity contribution in [1.29, 1.82) is 0 Å². The predicted molar refractivity (Wildman–Crippen MR) is 104 cm³/mol. The normalized spacial score (nSPS) is 16.4. The van der Waals surface area contributed by atoms with E-state index < -0.39 is 10.0 Å². The topological polar surface area (TPSA) is 72.8 Å². The summed E-state index contributed by atoms with van der Waals surface area (Å²) in [7, 11) is 1.19. The lowest BCUT2D eigenvalue weighted by Gasteiger charge is -2.28. The van der Waals surface area contributed by atoms with Gasteiger partial charge in [0.2, 0.25) is 10.0 Å². The molecule has 3 rings (SSSR count). The van der Waals surface area contributed by atoms with E-state index in [1.807, 2.05) is 29.9 Å². The van der Waals surface area contributed by atoms with E-state index in [0.29, 0.717) is 18.0 Å². The van der Waals surface area contributed by atoms with Crippen LogP contribution >= 0.6 is 0 Å². The maximum Gasteiger partial charge on any atom is 0.244 e. The summed E-state index contributed by atoms with van der Waals surface area (Å²) in [6, 6.07) is 8.77. The third-order valence-corrected chi connectivity index (χ3v) is 6.48. The largest absolute Gasteiger partial charge is 0.497 e. The zero-order chi connectivity index (χ0) is 19.4. The zero-order valence-electron chi connectivity index (χ0n) is 16.0. The Balaban J connectivity index is 1.85. The molecule has 1 fully saturated rings. The van der Waals surface area contributed by atoms with Crippen LogP contribution in [-0.2, 0) is 17.1 Å². The number of likely N-dealkylation sites (tertiary alicyclic amines) is 1. The molecule has 1 N–H and O–H groups in total. The van der Waals surface area contributed by atoms with E-state index in [4.69, 9.17) is 9.47 Å². The fourth-order valence-corrected chi connectivity index (χ4v) is 4.78. The molecule has 148 valence electrons. The number of rotatable bonds is 8. The summed E-state index contributed by atoms with van der Waals surface area (Å²) in [5.74, 6) is 0.759. The number of nitrogens with one attached hydrogen (secondary N) is 1. The summed E-state index contributed by atoms with van der Waals surface area (Å²) in [5.41, 5.74) is 1.09. The van der Waals surface area contributed by atoms with E-state index in [0.717, 1.165) is 31.6 Å². The van der Waals surface area contributed by atoms with Crippen molar-refractivity contribution in [3.05, 3.63) is 42.2 Å². The Hall–Kier alpha value is -2.03. The van der Waals surface area contributed by atoms with Crippen LogP contribution < -0.4 is 14.2 Å². The number of aryl methyl sites for hydroxylation is 1. The minimum absolute atomic E-state index is 0.0149. The van der Waals surface area contributed by atoms with Crippen molar-refractivity contribution in [2.24, 2.45) is 7.05 Å². The fourth-order valence-electron chi connectivity index (χ4n) is 3.55. The van der Waals surface area contributed by atoms with Gasteiger partial charge in [-0.25, -0.2) is 13.1 Å². The Bertz CT molecular complexity index is 873. The van der Waals surface area contributed by atoms with Crippen LogP contribution in [0.1, 0.15) is 24.6 Å². The van der Waals surface area contributed by atoms with Gasteiger partial charge in [-0.15, -0.1) is 0 Å². The molecule has 27 heavy (non-hydrogen) atoms. The third kappa shape index (κ3) is 4.28. The molecule has 0 bridgehead atoms. The number of aromatic nitrogens is 1. The summed E-state index contributed by atoms with van der Waals surface area (Å²) in [4.78, 5) is 2.41. The molecule has 0 amide bonds. The van der Waals surface area contributed by atoms with Gasteiger partial charge in [-0.3, -0.25) is 4.90 Å². The number of methoxy groups -OCH3 is 2. The van der Waals surface area contributed by atoms with Crippen LogP contribution in [0.2, 0.25) is 0 Å². The highest BCUT2D eigenvalue weighted by atomic mass is 32.2. The van der Waals surface area contributed by atoms with Crippen molar-refractivity contribution < 1.29 is 17.9 Å². The molecule has 1 saturated heterocycles. The lowest BCUT2D eigenvalue weighted by molar-refractivity contribution is 0.238. The van der Waals surface area contributed by atoms with Crippen LogP contribution in [0.25, 0.3) is 0 Å². The zero-order valence-corrected chi connectivity index (χ0v) is 16.8. The average Bonchev–Trinajstić information content (AvgIpc) is 3.34. The van der Waals surface area contributed by atoms with Crippen molar-refractivity contribution in [2.45, 2.75) is 23.8 Å². The molecular weight excluding hydrogens is 366 g/mol. The predicted octanol–water partition coefficient (Wildman–Crippen LogP) is 2.16. The Morgan fingerprint density at radius 2 is 1.89 bits per heavy atom. The molecule has 1 aromatic heterocycles. The number of ether oxygens (including phenoxy) is 2. The van der Waals surface area contributed by atoms with E-state index in [9.17, 15) is 8.42 Å². The average molecular weight is 394 g/mol. The molecule has 1 atom stereocenters. The van der Waals surface area contributed by atoms with Crippen LogP contribution in [0.4, 0.5) is 0 Å². The van der Waals surface area contributed by atoms with E-state index >= 15 is 0 Å². The summed E-state index contributed by atoms with van der Waals surface area (Å²) in [5, 5.41) is 0. The third-order valence-electron chi connectivity index (χ3n) is 5.03. The van der Waals surface area contributed by atoms with Gasteiger partial charge in [0.25, 0.3) is 0 Å². The molecule has 2 heterocycles. The second-order valence-electron chi connectivity index (χ2n) is 6.67. The van der Waals surface area contributed by atoms with Crippen molar-refractivity contribution in [2.75, 3.05) is 33.9 Å². The SMILES string of the molecule is COc1ccc(OC)c(S(=O)(=O)NC[C@H](c2cccn2C)N2CCCC2)c1. The molecule has 0 unspecified atom stereocenters. The van der Waals surface area contributed by atoms with Gasteiger partial charge in [-0.05, 0) is 50.2 Å². The van der Waals surface area contributed by atoms with E-state index in [1.165, 1.54) is 20.3 Å². The van der Waals surface area contributed by atoms with Crippen molar-refractivity contribution in [3.63, 3.8) is 0 Å². The monoisotopic (exact) mass is 393 g/mol. The first-order valence-electron chi connectivity index (χ1n) is 9.03. The van der Waals surface area contributed by atoms with Gasteiger partial charge in [-0.2, -0.15) is 0 Å². The second kappa shape index (κ2) is 8.33. The molecule has 0 saturated carbocycles. The standard InChI is InChI=1S/C19H27N3O4S/c1-21-10-6-7-16(21)17(22-11-4-5-12-22)14-20-27(23,24)19-13-15(25-2)8-9-18(19)26-3/h6-10,13,17,20H,4-5,11-12,14H2,1-3H3/t17-/m1/s1. The van der Waals surface area contributed by atoms with Gasteiger partial charge in [0, 0.05) is 31.5 Å². The second-order valence-corrected chi connectivity index (χ2v) is 8.41. The van der Waals surface area contributed by atoms with Gasteiger partial charge in [0.05, 0.1) is 20.3 Å². The maximum absolute atomic E-state index is 13.0. The minimum Gasteiger partial charge on any atom is -0.497 e. The van der Waals surface area contributed by atoms with Crippen LogP contribution in [0.5, 0.6) is 11.5 Å². The summed E-state index contributed by atoms with van der Waals surface area (Å²) < 4.78 is 41.2. The lowest BCUT2D eigenvalue weighted by Crippen LogP contribution is -2.37. The quantitative estimate of drug-likeness (QED) is 0.744. The number of hydrogen-bond donors (Lipinski definition) is 1. The molecule has 0 aliphatic carbocycles. The van der Waals surface area contributed by atoms with Crippen LogP contribution in [0.15, 0.2) is 41.4 Å². The summed E-state index contributed by atoms with van der Waals surface area (Å²) in [6.07, 6.45) is 4.26. The van der Waals surface area contributed by atoms with Crippen molar-refractivity contribution in [1.82, 2.24) is 14.2 Å². The highest BCUT2D eigenvalue weighted by Gasteiger charge is 2.28. The number of hydrogen-bond acceptors (Lipinski definition) is 5. The molecule has 1 aromatic carbocycles. The molecular formula is C19H27N3O4S. The highest BCUT2D eigenvalue weighted by Crippen LogP contribution is 2.29. The van der Waals surface area contributed by atoms with E-state index in [2.05, 4.69) is 9.62 Å². The van der Waals surface area contributed by atoms with Crippen molar-refractivity contribution >= 4 is 10.0 Å². The maximum atomic E-state index is 13.0. The van der Waals surface area contributed by atoms with Gasteiger partial charge < -0.3 is 14.0 Å². The van der Waals surface area contributed by atoms with Crippen LogP contribution in [0, 0.1) is 0 Å². The first kappa shape index (κ1) is 19.7. The molecule has 1 aliphatic rings. The molecule has 0 spiro atoms.